The Hall–Kier alpha value is -1.55. The summed E-state index contributed by atoms with van der Waals surface area (Å²) < 4.78 is 0. The van der Waals surface area contributed by atoms with Gasteiger partial charge in [-0.3, -0.25) is 4.79 Å². The number of fused-ring (bicyclic) bond motifs is 1. The number of carbonyl (C=O) groups is 1. The molecule has 0 saturated heterocycles. The topological polar surface area (TPSA) is 52.6 Å². The highest BCUT2D eigenvalue weighted by Crippen LogP contribution is 2.27. The molecule has 18 heavy (non-hydrogen) atoms. The van der Waals surface area contributed by atoms with Gasteiger partial charge in [0.05, 0.1) is 0 Å². The largest absolute Gasteiger partial charge is 0.396 e. The second-order valence-electron chi connectivity index (χ2n) is 4.74. The first-order valence-electron chi connectivity index (χ1n) is 6.41. The zero-order chi connectivity index (χ0) is 13.0. The van der Waals surface area contributed by atoms with Crippen molar-refractivity contribution in [1.29, 1.82) is 0 Å². The summed E-state index contributed by atoms with van der Waals surface area (Å²) in [6.07, 6.45) is 2.00. The van der Waals surface area contributed by atoms with E-state index in [9.17, 15) is 4.79 Å². The lowest BCUT2D eigenvalue weighted by molar-refractivity contribution is -0.121. The van der Waals surface area contributed by atoms with E-state index in [0.717, 1.165) is 18.5 Å². The molecule has 2 N–H and O–H groups in total. The average Bonchev–Trinajstić information content (AvgIpc) is 2.75. The summed E-state index contributed by atoms with van der Waals surface area (Å²) in [4.78, 5) is 13.7. The van der Waals surface area contributed by atoms with Crippen LogP contribution in [0, 0.1) is 0 Å². The molecule has 1 aromatic carbocycles. The number of carbonyl (C=O) groups excluding carboxylic acids is 1. The zero-order valence-electron chi connectivity index (χ0n) is 10.8. The minimum absolute atomic E-state index is 0.00154. The standard InChI is InChI=1S/C14H20N2O2/c1-16-7-6-12-9-11(4-5-13(12)16)10-15-14(18)3-2-8-17/h4-5,9,17H,2-3,6-8,10H2,1H3,(H,15,18). The van der Waals surface area contributed by atoms with Crippen LogP contribution in [-0.2, 0) is 17.8 Å². The van der Waals surface area contributed by atoms with E-state index in [-0.39, 0.29) is 12.5 Å². The second-order valence-corrected chi connectivity index (χ2v) is 4.74. The van der Waals surface area contributed by atoms with Crippen LogP contribution in [0.15, 0.2) is 18.2 Å². The van der Waals surface area contributed by atoms with E-state index in [1.165, 1.54) is 11.3 Å². The molecule has 0 unspecified atom stereocenters. The summed E-state index contributed by atoms with van der Waals surface area (Å²) in [5.74, 6) is 0.00154. The Bertz CT molecular complexity index is 432. The van der Waals surface area contributed by atoms with Gasteiger partial charge < -0.3 is 15.3 Å². The molecule has 1 aliphatic rings. The minimum atomic E-state index is 0.00154. The van der Waals surface area contributed by atoms with Gasteiger partial charge >= 0.3 is 0 Å². The highest BCUT2D eigenvalue weighted by molar-refractivity contribution is 5.75. The number of amides is 1. The van der Waals surface area contributed by atoms with Crippen molar-refractivity contribution in [3.05, 3.63) is 29.3 Å². The minimum Gasteiger partial charge on any atom is -0.396 e. The van der Waals surface area contributed by atoms with Gasteiger partial charge in [0.15, 0.2) is 0 Å². The molecule has 1 amide bonds. The summed E-state index contributed by atoms with van der Waals surface area (Å²) in [5.41, 5.74) is 3.80. The first kappa shape index (κ1) is 12.9. The van der Waals surface area contributed by atoms with E-state index in [0.29, 0.717) is 19.4 Å². The summed E-state index contributed by atoms with van der Waals surface area (Å²) in [6, 6.07) is 6.36. The van der Waals surface area contributed by atoms with Crippen LogP contribution in [-0.4, -0.2) is 31.2 Å². The van der Waals surface area contributed by atoms with Crippen molar-refractivity contribution in [2.24, 2.45) is 0 Å². The maximum atomic E-state index is 11.4. The summed E-state index contributed by atoms with van der Waals surface area (Å²) in [7, 11) is 2.10. The van der Waals surface area contributed by atoms with Gasteiger partial charge in [0.25, 0.3) is 0 Å². The molecule has 0 radical (unpaired) electrons. The molecular weight excluding hydrogens is 228 g/mol. The van der Waals surface area contributed by atoms with Gasteiger partial charge in [0.2, 0.25) is 5.91 Å². The molecule has 0 aliphatic carbocycles. The normalized spacial score (nSPS) is 13.6. The van der Waals surface area contributed by atoms with E-state index in [1.807, 2.05) is 0 Å². The molecule has 0 bridgehead atoms. The quantitative estimate of drug-likeness (QED) is 0.819. The van der Waals surface area contributed by atoms with E-state index in [2.05, 4.69) is 35.5 Å². The van der Waals surface area contributed by atoms with Crippen LogP contribution in [0.3, 0.4) is 0 Å². The van der Waals surface area contributed by atoms with Gasteiger partial charge in [-0.05, 0) is 30.0 Å². The fourth-order valence-corrected chi connectivity index (χ4v) is 2.26. The summed E-state index contributed by atoms with van der Waals surface area (Å²) in [5, 5.41) is 11.5. The Morgan fingerprint density at radius 2 is 2.33 bits per heavy atom. The van der Waals surface area contributed by atoms with E-state index < -0.39 is 0 Å². The van der Waals surface area contributed by atoms with E-state index in [4.69, 9.17) is 5.11 Å². The molecule has 4 heteroatoms. The number of hydrogen-bond acceptors (Lipinski definition) is 3. The number of aliphatic hydroxyl groups is 1. The average molecular weight is 248 g/mol. The van der Waals surface area contributed by atoms with Crippen LogP contribution in [0.1, 0.15) is 24.0 Å². The van der Waals surface area contributed by atoms with Crippen LogP contribution < -0.4 is 10.2 Å². The molecule has 1 heterocycles. The van der Waals surface area contributed by atoms with Crippen molar-refractivity contribution >= 4 is 11.6 Å². The van der Waals surface area contributed by atoms with E-state index >= 15 is 0 Å². The van der Waals surface area contributed by atoms with Crippen molar-refractivity contribution in [2.75, 3.05) is 25.1 Å². The number of nitrogens with one attached hydrogen (secondary N) is 1. The third kappa shape index (κ3) is 3.01. The van der Waals surface area contributed by atoms with Crippen LogP contribution in [0.5, 0.6) is 0 Å². The van der Waals surface area contributed by atoms with E-state index in [1.54, 1.807) is 0 Å². The molecule has 0 fully saturated rings. The monoisotopic (exact) mass is 248 g/mol. The Morgan fingerprint density at radius 3 is 3.11 bits per heavy atom. The third-order valence-electron chi connectivity index (χ3n) is 3.32. The molecular formula is C14H20N2O2. The fourth-order valence-electron chi connectivity index (χ4n) is 2.26. The lowest BCUT2D eigenvalue weighted by atomic mass is 10.1. The highest BCUT2D eigenvalue weighted by atomic mass is 16.3. The lowest BCUT2D eigenvalue weighted by Gasteiger charge is -2.12. The highest BCUT2D eigenvalue weighted by Gasteiger charge is 2.15. The van der Waals surface area contributed by atoms with Crippen LogP contribution >= 0.6 is 0 Å². The van der Waals surface area contributed by atoms with Crippen LogP contribution in [0.2, 0.25) is 0 Å². The maximum absolute atomic E-state index is 11.4. The molecule has 0 atom stereocenters. The van der Waals surface area contributed by atoms with Crippen molar-refractivity contribution in [3.63, 3.8) is 0 Å². The lowest BCUT2D eigenvalue weighted by Crippen LogP contribution is -2.22. The van der Waals surface area contributed by atoms with Gasteiger partial charge in [-0.1, -0.05) is 12.1 Å². The summed E-state index contributed by atoms with van der Waals surface area (Å²) in [6.45, 7) is 1.71. The Balaban J connectivity index is 1.89. The molecule has 2 rings (SSSR count). The Labute approximate surface area is 108 Å². The molecule has 1 aromatic rings. The van der Waals surface area contributed by atoms with Crippen LogP contribution in [0.4, 0.5) is 5.69 Å². The number of aliphatic hydroxyl groups excluding tert-OH is 1. The zero-order valence-corrected chi connectivity index (χ0v) is 10.8. The van der Waals surface area contributed by atoms with Gasteiger partial charge in [-0.2, -0.15) is 0 Å². The fraction of sp³-hybridized carbons (Fsp3) is 0.500. The first-order chi connectivity index (χ1) is 8.70. The smallest absolute Gasteiger partial charge is 0.220 e. The van der Waals surface area contributed by atoms with Gasteiger partial charge in [-0.25, -0.2) is 0 Å². The molecule has 4 nitrogen and oxygen atoms in total. The molecule has 0 spiro atoms. The molecule has 1 aliphatic heterocycles. The van der Waals surface area contributed by atoms with Crippen LogP contribution in [0.25, 0.3) is 0 Å². The number of rotatable bonds is 5. The predicted octanol–water partition coefficient (Wildman–Crippen LogP) is 1.07. The predicted molar refractivity (Wildman–Crippen MR) is 71.6 cm³/mol. The van der Waals surface area contributed by atoms with Gasteiger partial charge in [-0.15, -0.1) is 0 Å². The van der Waals surface area contributed by atoms with Gasteiger partial charge in [0.1, 0.15) is 0 Å². The molecule has 98 valence electrons. The van der Waals surface area contributed by atoms with Gasteiger partial charge in [0, 0.05) is 38.9 Å². The number of anilines is 1. The summed E-state index contributed by atoms with van der Waals surface area (Å²) >= 11 is 0. The van der Waals surface area contributed by atoms with Crippen molar-refractivity contribution < 1.29 is 9.90 Å². The molecule has 0 saturated carbocycles. The first-order valence-corrected chi connectivity index (χ1v) is 6.41. The number of likely N-dealkylation sites (N-methyl/N-ethyl adjacent to an activating group) is 1. The Morgan fingerprint density at radius 1 is 1.50 bits per heavy atom. The SMILES string of the molecule is CN1CCc2cc(CNC(=O)CCCO)ccc21. The van der Waals surface area contributed by atoms with Crippen molar-refractivity contribution in [1.82, 2.24) is 5.32 Å². The van der Waals surface area contributed by atoms with Crippen molar-refractivity contribution in [2.45, 2.75) is 25.8 Å². The number of hydrogen-bond donors (Lipinski definition) is 2. The number of benzene rings is 1. The third-order valence-corrected chi connectivity index (χ3v) is 3.32. The molecule has 0 aromatic heterocycles. The maximum Gasteiger partial charge on any atom is 0.220 e. The second kappa shape index (κ2) is 5.87. The Kier molecular flexibility index (Phi) is 4.20. The van der Waals surface area contributed by atoms with Crippen molar-refractivity contribution in [3.8, 4) is 0 Å². The number of nitrogens with zero attached hydrogens (tertiary/aromatic N) is 1.